The van der Waals surface area contributed by atoms with Crippen molar-refractivity contribution in [1.82, 2.24) is 9.55 Å². The van der Waals surface area contributed by atoms with Crippen LogP contribution in [0.1, 0.15) is 12.0 Å². The fraction of sp³-hybridized carbons (Fsp3) is 0.357. The minimum atomic E-state index is -0.893. The maximum atomic E-state index is 10.8. The fourth-order valence-electron chi connectivity index (χ4n) is 2.04. The van der Waals surface area contributed by atoms with Crippen molar-refractivity contribution in [3.63, 3.8) is 0 Å². The molecule has 2 aromatic rings. The maximum absolute atomic E-state index is 10.8. The zero-order valence-corrected chi connectivity index (χ0v) is 12.4. The van der Waals surface area contributed by atoms with Crippen LogP contribution >= 0.6 is 11.8 Å². The minimum absolute atomic E-state index is 0.0600. The van der Waals surface area contributed by atoms with Gasteiger partial charge < -0.3 is 14.4 Å². The summed E-state index contributed by atoms with van der Waals surface area (Å²) in [5.74, 6) is -0.953. The second-order valence-electron chi connectivity index (χ2n) is 4.36. The molecule has 1 N–H and O–H groups in total. The van der Waals surface area contributed by atoms with Gasteiger partial charge in [0.05, 0.1) is 16.8 Å². The number of aliphatic carboxylic acids is 1. The van der Waals surface area contributed by atoms with Crippen LogP contribution in [0.4, 0.5) is 0 Å². The Morgan fingerprint density at radius 1 is 1.57 bits per heavy atom. The number of imidazole rings is 1. The Bertz CT molecular complexity index is 691. The second kappa shape index (κ2) is 7.11. The highest BCUT2D eigenvalue weighted by Gasteiger charge is 2.14. The zero-order chi connectivity index (χ0) is 15.2. The van der Waals surface area contributed by atoms with E-state index < -0.39 is 5.97 Å². The number of thioether (sulfide) groups is 1. The number of aromatic nitrogens is 2. The smallest absolute Gasteiger partial charge is 0.313 e. The van der Waals surface area contributed by atoms with Crippen LogP contribution in [0.2, 0.25) is 0 Å². The number of rotatable bonds is 7. The molecule has 0 amide bonds. The molecular weight excluding hydrogens is 290 g/mol. The molecule has 0 fully saturated rings. The molecule has 0 bridgehead atoms. The van der Waals surface area contributed by atoms with E-state index in [4.69, 9.17) is 15.1 Å². The first-order valence-electron chi connectivity index (χ1n) is 6.40. The highest BCUT2D eigenvalue weighted by molar-refractivity contribution is 7.99. The number of fused-ring (bicyclic) bond motifs is 1. The van der Waals surface area contributed by atoms with Crippen molar-refractivity contribution >= 4 is 28.8 Å². The molecule has 0 radical (unpaired) electrons. The highest BCUT2D eigenvalue weighted by atomic mass is 32.2. The van der Waals surface area contributed by atoms with Crippen molar-refractivity contribution in [2.45, 2.75) is 18.1 Å². The Morgan fingerprint density at radius 3 is 3.05 bits per heavy atom. The average molecular weight is 305 g/mol. The number of para-hydroxylation sites is 1. The molecule has 0 saturated carbocycles. The Kier molecular flexibility index (Phi) is 5.20. The van der Waals surface area contributed by atoms with Gasteiger partial charge in [0.1, 0.15) is 11.6 Å². The first-order chi connectivity index (χ1) is 10.2. The number of nitriles is 1. The van der Waals surface area contributed by atoms with Gasteiger partial charge in [0.25, 0.3) is 0 Å². The number of carboxylic acid groups (broad SMARTS) is 1. The monoisotopic (exact) mass is 305 g/mol. The lowest BCUT2D eigenvalue weighted by molar-refractivity contribution is -0.133. The molecule has 0 unspecified atom stereocenters. The van der Waals surface area contributed by atoms with Gasteiger partial charge in [-0.1, -0.05) is 17.8 Å². The van der Waals surface area contributed by atoms with Crippen LogP contribution in [0.25, 0.3) is 11.0 Å². The molecule has 0 aliphatic carbocycles. The van der Waals surface area contributed by atoms with Gasteiger partial charge in [-0.25, -0.2) is 4.98 Å². The molecule has 6 nitrogen and oxygen atoms in total. The van der Waals surface area contributed by atoms with E-state index in [2.05, 4.69) is 11.1 Å². The SMILES string of the molecule is COCCCn1c(SCC(=O)O)nc2c(C#N)cccc21. The van der Waals surface area contributed by atoms with E-state index in [9.17, 15) is 4.79 Å². The summed E-state index contributed by atoms with van der Waals surface area (Å²) < 4.78 is 7.00. The van der Waals surface area contributed by atoms with Crippen LogP contribution in [0, 0.1) is 11.3 Å². The van der Waals surface area contributed by atoms with Gasteiger partial charge >= 0.3 is 5.97 Å². The Balaban J connectivity index is 2.41. The Hall–Kier alpha value is -2.04. The molecule has 21 heavy (non-hydrogen) atoms. The average Bonchev–Trinajstić information content (AvgIpc) is 2.83. The summed E-state index contributed by atoms with van der Waals surface area (Å²) in [6, 6.07) is 7.52. The third-order valence-corrected chi connectivity index (χ3v) is 3.88. The number of hydrogen-bond acceptors (Lipinski definition) is 5. The van der Waals surface area contributed by atoms with E-state index in [1.807, 2.05) is 10.6 Å². The molecule has 7 heteroatoms. The number of benzene rings is 1. The molecule has 1 aromatic carbocycles. The summed E-state index contributed by atoms with van der Waals surface area (Å²) in [4.78, 5) is 15.2. The lowest BCUT2D eigenvalue weighted by Gasteiger charge is -2.07. The van der Waals surface area contributed by atoms with E-state index >= 15 is 0 Å². The third-order valence-electron chi connectivity index (χ3n) is 2.92. The minimum Gasteiger partial charge on any atom is -0.481 e. The predicted molar refractivity (Wildman–Crippen MR) is 79.3 cm³/mol. The number of carboxylic acids is 1. The summed E-state index contributed by atoms with van der Waals surface area (Å²) in [6.45, 7) is 1.28. The molecule has 0 spiro atoms. The van der Waals surface area contributed by atoms with Crippen LogP contribution in [0.3, 0.4) is 0 Å². The van der Waals surface area contributed by atoms with Crippen LogP contribution < -0.4 is 0 Å². The lowest BCUT2D eigenvalue weighted by Crippen LogP contribution is -2.05. The summed E-state index contributed by atoms with van der Waals surface area (Å²) in [6.07, 6.45) is 0.791. The van der Waals surface area contributed by atoms with Gasteiger partial charge in [0, 0.05) is 20.3 Å². The standard InChI is InChI=1S/C14H15N3O3S/c1-20-7-3-6-17-11-5-2-4-10(8-15)13(11)16-14(17)21-9-12(18)19/h2,4-5H,3,6-7,9H2,1H3,(H,18,19). The van der Waals surface area contributed by atoms with Gasteiger partial charge in [-0.15, -0.1) is 0 Å². The quantitative estimate of drug-likeness (QED) is 0.622. The number of hydrogen-bond donors (Lipinski definition) is 1. The summed E-state index contributed by atoms with van der Waals surface area (Å²) >= 11 is 1.16. The van der Waals surface area contributed by atoms with Gasteiger partial charge in [0.15, 0.2) is 5.16 Å². The summed E-state index contributed by atoms with van der Waals surface area (Å²) in [7, 11) is 1.64. The van der Waals surface area contributed by atoms with Crippen molar-refractivity contribution < 1.29 is 14.6 Å². The van der Waals surface area contributed by atoms with Gasteiger partial charge in [-0.3, -0.25) is 4.79 Å². The molecule has 0 saturated heterocycles. The summed E-state index contributed by atoms with van der Waals surface area (Å²) in [5.41, 5.74) is 1.96. The number of carbonyl (C=O) groups is 1. The first-order valence-corrected chi connectivity index (χ1v) is 7.38. The molecule has 0 atom stereocenters. The van der Waals surface area contributed by atoms with E-state index in [1.54, 1.807) is 19.2 Å². The normalized spacial score (nSPS) is 10.7. The van der Waals surface area contributed by atoms with Crippen LogP contribution in [0.15, 0.2) is 23.4 Å². The second-order valence-corrected chi connectivity index (χ2v) is 5.30. The number of aryl methyl sites for hydroxylation is 1. The van der Waals surface area contributed by atoms with Crippen molar-refractivity contribution in [1.29, 1.82) is 5.26 Å². The van der Waals surface area contributed by atoms with Crippen molar-refractivity contribution in [3.05, 3.63) is 23.8 Å². The molecule has 2 rings (SSSR count). The highest BCUT2D eigenvalue weighted by Crippen LogP contribution is 2.26. The number of ether oxygens (including phenoxy) is 1. The molecule has 0 aliphatic heterocycles. The molecular formula is C14H15N3O3S. The van der Waals surface area contributed by atoms with Crippen molar-refractivity contribution in [2.75, 3.05) is 19.5 Å². The van der Waals surface area contributed by atoms with Crippen molar-refractivity contribution in [2.24, 2.45) is 0 Å². The topological polar surface area (TPSA) is 88.1 Å². The van der Waals surface area contributed by atoms with Crippen LogP contribution in [0.5, 0.6) is 0 Å². The predicted octanol–water partition coefficient (Wildman–Crippen LogP) is 2.12. The molecule has 110 valence electrons. The fourth-order valence-corrected chi connectivity index (χ4v) is 2.79. The molecule has 1 aromatic heterocycles. The van der Waals surface area contributed by atoms with Crippen LogP contribution in [-0.2, 0) is 16.1 Å². The first kappa shape index (κ1) is 15.4. The number of methoxy groups -OCH3 is 1. The van der Waals surface area contributed by atoms with Gasteiger partial charge in [0.2, 0.25) is 0 Å². The van der Waals surface area contributed by atoms with Gasteiger partial charge in [-0.2, -0.15) is 5.26 Å². The summed E-state index contributed by atoms with van der Waals surface area (Å²) in [5, 5.41) is 18.6. The zero-order valence-electron chi connectivity index (χ0n) is 11.6. The Morgan fingerprint density at radius 2 is 2.38 bits per heavy atom. The lowest BCUT2D eigenvalue weighted by atomic mass is 10.2. The van der Waals surface area contributed by atoms with E-state index in [1.165, 1.54) is 0 Å². The third kappa shape index (κ3) is 3.54. The largest absolute Gasteiger partial charge is 0.481 e. The van der Waals surface area contributed by atoms with E-state index in [0.29, 0.717) is 29.4 Å². The molecule has 0 aliphatic rings. The van der Waals surface area contributed by atoms with Crippen LogP contribution in [-0.4, -0.2) is 40.1 Å². The molecule has 1 heterocycles. The van der Waals surface area contributed by atoms with E-state index in [-0.39, 0.29) is 5.75 Å². The number of nitrogens with zero attached hydrogens (tertiary/aromatic N) is 3. The Labute approximate surface area is 126 Å². The van der Waals surface area contributed by atoms with E-state index in [0.717, 1.165) is 23.7 Å². The van der Waals surface area contributed by atoms with Gasteiger partial charge in [-0.05, 0) is 18.6 Å². The maximum Gasteiger partial charge on any atom is 0.313 e. The van der Waals surface area contributed by atoms with Crippen molar-refractivity contribution in [3.8, 4) is 6.07 Å².